The lowest BCUT2D eigenvalue weighted by Gasteiger charge is -2.14. The lowest BCUT2D eigenvalue weighted by molar-refractivity contribution is -0.146. The van der Waals surface area contributed by atoms with E-state index in [1.165, 1.54) is 6.07 Å². The summed E-state index contributed by atoms with van der Waals surface area (Å²) in [5.41, 5.74) is 0.860. The van der Waals surface area contributed by atoms with Crippen molar-refractivity contribution in [2.75, 3.05) is 0 Å². The summed E-state index contributed by atoms with van der Waals surface area (Å²) in [5.74, 6) is -1.51. The lowest BCUT2D eigenvalue weighted by atomic mass is 9.93. The molecule has 0 bridgehead atoms. The molecular formula is C12H13ClO4. The van der Waals surface area contributed by atoms with Crippen molar-refractivity contribution in [1.29, 1.82) is 0 Å². The van der Waals surface area contributed by atoms with Crippen LogP contribution in [-0.4, -0.2) is 22.0 Å². The van der Waals surface area contributed by atoms with Crippen molar-refractivity contribution in [2.45, 2.75) is 25.3 Å². The van der Waals surface area contributed by atoms with Gasteiger partial charge in [0.25, 0.3) is 0 Å². The van der Waals surface area contributed by atoms with Crippen LogP contribution in [0.4, 0.5) is 0 Å². The van der Waals surface area contributed by atoms with Gasteiger partial charge in [0.1, 0.15) is 0 Å². The van der Waals surface area contributed by atoms with Crippen LogP contribution in [0.2, 0.25) is 0 Å². The lowest BCUT2D eigenvalue weighted by Crippen LogP contribution is -2.16. The third-order valence-electron chi connectivity index (χ3n) is 2.46. The number of benzene rings is 1. The number of carboxylic acids is 1. The van der Waals surface area contributed by atoms with Gasteiger partial charge in [0.05, 0.1) is 0 Å². The number of halogens is 1. The normalized spacial score (nSPS) is 12.2. The largest absolute Gasteiger partial charge is 0.479 e. The number of alkyl halides is 1. The van der Waals surface area contributed by atoms with E-state index in [0.29, 0.717) is 5.56 Å². The Kier molecular flexibility index (Phi) is 4.66. The molecular weight excluding hydrogens is 244 g/mol. The molecule has 0 aromatic heterocycles. The molecule has 0 aliphatic rings. The molecule has 0 saturated heterocycles. The standard InChI is InChI=1S/C12H13ClO4/c1-2-9(14)10-7(6-13)4-3-5-8(10)11(15)12(16)17/h3-5,11,15H,2,6H2,1H3,(H,16,17). The quantitative estimate of drug-likeness (QED) is 0.625. The molecule has 1 unspecified atom stereocenters. The van der Waals surface area contributed by atoms with Gasteiger partial charge in [-0.3, -0.25) is 4.79 Å². The predicted octanol–water partition coefficient (Wildman–Crippen LogP) is 2.14. The summed E-state index contributed by atoms with van der Waals surface area (Å²) in [5, 5.41) is 18.3. The molecule has 0 heterocycles. The summed E-state index contributed by atoms with van der Waals surface area (Å²) in [7, 11) is 0. The minimum absolute atomic E-state index is 0.0985. The molecule has 0 saturated carbocycles. The van der Waals surface area contributed by atoms with Crippen molar-refractivity contribution < 1.29 is 19.8 Å². The smallest absolute Gasteiger partial charge is 0.337 e. The maximum absolute atomic E-state index is 11.8. The number of aliphatic hydroxyl groups excluding tert-OH is 1. The van der Waals surface area contributed by atoms with Crippen LogP contribution in [0.1, 0.15) is 40.9 Å². The summed E-state index contributed by atoms with van der Waals surface area (Å²) < 4.78 is 0. The zero-order valence-corrected chi connectivity index (χ0v) is 10.1. The van der Waals surface area contributed by atoms with Crippen LogP contribution in [0.5, 0.6) is 0 Å². The fraction of sp³-hybridized carbons (Fsp3) is 0.333. The molecule has 1 aromatic rings. The fourth-order valence-electron chi connectivity index (χ4n) is 1.61. The van der Waals surface area contributed by atoms with E-state index in [0.717, 1.165) is 0 Å². The maximum atomic E-state index is 11.8. The molecule has 0 aliphatic carbocycles. The summed E-state index contributed by atoms with van der Waals surface area (Å²) in [6.07, 6.45) is -1.48. The first-order valence-electron chi connectivity index (χ1n) is 5.14. The predicted molar refractivity (Wildman–Crippen MR) is 63.2 cm³/mol. The number of carbonyl (C=O) groups excluding carboxylic acids is 1. The fourth-order valence-corrected chi connectivity index (χ4v) is 1.83. The second-order valence-corrected chi connectivity index (χ2v) is 3.80. The first-order chi connectivity index (χ1) is 8.02. The van der Waals surface area contributed by atoms with Crippen molar-refractivity contribution in [3.05, 3.63) is 34.9 Å². The van der Waals surface area contributed by atoms with Gasteiger partial charge in [-0.05, 0) is 5.56 Å². The molecule has 0 fully saturated rings. The average molecular weight is 257 g/mol. The number of carbonyl (C=O) groups is 2. The first-order valence-corrected chi connectivity index (χ1v) is 5.68. The Bertz CT molecular complexity index is 442. The molecule has 2 N–H and O–H groups in total. The number of hydrogen-bond acceptors (Lipinski definition) is 3. The maximum Gasteiger partial charge on any atom is 0.337 e. The zero-order chi connectivity index (χ0) is 13.0. The third-order valence-corrected chi connectivity index (χ3v) is 2.74. The third kappa shape index (κ3) is 2.84. The SMILES string of the molecule is CCC(=O)c1c(CCl)cccc1C(O)C(=O)O. The van der Waals surface area contributed by atoms with Crippen LogP contribution in [-0.2, 0) is 10.7 Å². The van der Waals surface area contributed by atoms with Crippen molar-refractivity contribution in [3.8, 4) is 0 Å². The van der Waals surface area contributed by atoms with Crippen molar-refractivity contribution in [2.24, 2.45) is 0 Å². The zero-order valence-electron chi connectivity index (χ0n) is 9.31. The molecule has 1 aromatic carbocycles. The molecule has 17 heavy (non-hydrogen) atoms. The van der Waals surface area contributed by atoms with E-state index in [-0.39, 0.29) is 29.2 Å². The Labute approximate surface area is 104 Å². The highest BCUT2D eigenvalue weighted by molar-refractivity contribution is 6.18. The Balaban J connectivity index is 3.38. The molecule has 0 aliphatic heterocycles. The van der Waals surface area contributed by atoms with Gasteiger partial charge in [-0.15, -0.1) is 11.6 Å². The van der Waals surface area contributed by atoms with Gasteiger partial charge in [0.15, 0.2) is 11.9 Å². The van der Waals surface area contributed by atoms with Gasteiger partial charge in [-0.2, -0.15) is 0 Å². The van der Waals surface area contributed by atoms with E-state index in [2.05, 4.69) is 0 Å². The molecule has 1 atom stereocenters. The summed E-state index contributed by atoms with van der Waals surface area (Å²) >= 11 is 5.71. The molecule has 5 heteroatoms. The Morgan fingerprint density at radius 3 is 2.53 bits per heavy atom. The Morgan fingerprint density at radius 2 is 2.06 bits per heavy atom. The highest BCUT2D eigenvalue weighted by Crippen LogP contribution is 2.24. The van der Waals surface area contributed by atoms with Crippen LogP contribution in [0.25, 0.3) is 0 Å². The number of aliphatic carboxylic acids is 1. The van der Waals surface area contributed by atoms with Gasteiger partial charge in [0, 0.05) is 23.4 Å². The van der Waals surface area contributed by atoms with Gasteiger partial charge < -0.3 is 10.2 Å². The second-order valence-electron chi connectivity index (χ2n) is 3.53. The van der Waals surface area contributed by atoms with Crippen LogP contribution >= 0.6 is 11.6 Å². The van der Waals surface area contributed by atoms with Gasteiger partial charge in [0.2, 0.25) is 0 Å². The van der Waals surface area contributed by atoms with Crippen molar-refractivity contribution in [3.63, 3.8) is 0 Å². The van der Waals surface area contributed by atoms with E-state index in [1.54, 1.807) is 19.1 Å². The molecule has 1 rings (SSSR count). The number of aliphatic hydroxyl groups is 1. The minimum atomic E-state index is -1.70. The van der Waals surface area contributed by atoms with Crippen molar-refractivity contribution in [1.82, 2.24) is 0 Å². The molecule has 4 nitrogen and oxygen atoms in total. The van der Waals surface area contributed by atoms with Gasteiger partial charge >= 0.3 is 5.97 Å². The highest BCUT2D eigenvalue weighted by Gasteiger charge is 2.23. The van der Waals surface area contributed by atoms with Crippen LogP contribution in [0, 0.1) is 0 Å². The minimum Gasteiger partial charge on any atom is -0.479 e. The number of ketones is 1. The molecule has 0 spiro atoms. The van der Waals surface area contributed by atoms with E-state index in [9.17, 15) is 14.7 Å². The topological polar surface area (TPSA) is 74.6 Å². The molecule has 0 amide bonds. The second kappa shape index (κ2) is 5.80. The number of Topliss-reactive ketones (excluding diaryl/α,β-unsaturated/α-hetero) is 1. The van der Waals surface area contributed by atoms with E-state index >= 15 is 0 Å². The number of carboxylic acid groups (broad SMARTS) is 1. The van der Waals surface area contributed by atoms with E-state index in [4.69, 9.17) is 16.7 Å². The van der Waals surface area contributed by atoms with Gasteiger partial charge in [-0.25, -0.2) is 4.79 Å². The summed E-state index contributed by atoms with van der Waals surface area (Å²) in [4.78, 5) is 22.5. The Morgan fingerprint density at radius 1 is 1.41 bits per heavy atom. The average Bonchev–Trinajstić information content (AvgIpc) is 2.35. The summed E-state index contributed by atoms with van der Waals surface area (Å²) in [6.45, 7) is 1.67. The molecule has 0 radical (unpaired) electrons. The number of rotatable bonds is 5. The van der Waals surface area contributed by atoms with Crippen LogP contribution < -0.4 is 0 Å². The highest BCUT2D eigenvalue weighted by atomic mass is 35.5. The molecule has 92 valence electrons. The van der Waals surface area contributed by atoms with Crippen LogP contribution in [0.3, 0.4) is 0 Å². The van der Waals surface area contributed by atoms with E-state index in [1.807, 2.05) is 0 Å². The number of hydrogen-bond donors (Lipinski definition) is 2. The van der Waals surface area contributed by atoms with E-state index < -0.39 is 12.1 Å². The van der Waals surface area contributed by atoms with Crippen molar-refractivity contribution >= 4 is 23.4 Å². The van der Waals surface area contributed by atoms with Gasteiger partial charge in [-0.1, -0.05) is 25.1 Å². The van der Waals surface area contributed by atoms with Crippen LogP contribution in [0.15, 0.2) is 18.2 Å². The summed E-state index contributed by atoms with van der Waals surface area (Å²) in [6, 6.07) is 4.65. The first kappa shape index (κ1) is 13.7. The Hall–Kier alpha value is -1.39. The monoisotopic (exact) mass is 256 g/mol.